The average Bonchev–Trinajstić information content (AvgIpc) is 2.93. The standard InChI is InChI=1S/C29H27F3O4S2/c1-2-3-22-35-24-16-20-27(21-17-24)37(25-10-6-4-7-11-25,26-12-8-5-9-13-26)36-38(33,34)28-18-14-23(15-19-28)29(30,31)32/h4-21H,2-3,22H2,1H3. The molecule has 0 atom stereocenters. The summed E-state index contributed by atoms with van der Waals surface area (Å²) in [6, 6.07) is 28.3. The highest BCUT2D eigenvalue weighted by atomic mass is 32.3. The second-order valence-corrected chi connectivity index (χ2v) is 12.9. The van der Waals surface area contributed by atoms with Crippen LogP contribution in [0, 0.1) is 0 Å². The second kappa shape index (κ2) is 11.6. The van der Waals surface area contributed by atoms with Crippen molar-refractivity contribution in [3.63, 3.8) is 0 Å². The zero-order valence-electron chi connectivity index (χ0n) is 20.6. The average molecular weight is 561 g/mol. The van der Waals surface area contributed by atoms with Crippen LogP contribution in [0.15, 0.2) is 129 Å². The highest BCUT2D eigenvalue weighted by Gasteiger charge is 2.39. The number of benzene rings is 4. The Morgan fingerprint density at radius 1 is 0.658 bits per heavy atom. The Kier molecular flexibility index (Phi) is 8.50. The second-order valence-electron chi connectivity index (χ2n) is 8.40. The fourth-order valence-corrected chi connectivity index (χ4v) is 9.01. The van der Waals surface area contributed by atoms with Crippen LogP contribution in [0.3, 0.4) is 0 Å². The fourth-order valence-electron chi connectivity index (χ4n) is 3.80. The van der Waals surface area contributed by atoms with Crippen LogP contribution in [0.5, 0.6) is 5.75 Å². The van der Waals surface area contributed by atoms with Crippen molar-refractivity contribution in [1.29, 1.82) is 0 Å². The summed E-state index contributed by atoms with van der Waals surface area (Å²) in [7, 11) is -7.40. The van der Waals surface area contributed by atoms with Crippen molar-refractivity contribution in [1.82, 2.24) is 0 Å². The molecule has 4 aromatic rings. The maximum atomic E-state index is 13.7. The zero-order chi connectivity index (χ0) is 27.2. The van der Waals surface area contributed by atoms with Gasteiger partial charge in [0, 0.05) is 14.7 Å². The number of alkyl halides is 3. The van der Waals surface area contributed by atoms with Crippen molar-refractivity contribution in [2.75, 3.05) is 6.61 Å². The van der Waals surface area contributed by atoms with E-state index in [4.69, 9.17) is 8.37 Å². The Bertz CT molecular complexity index is 1380. The summed E-state index contributed by atoms with van der Waals surface area (Å²) in [5.41, 5.74) is -0.945. The molecule has 0 unspecified atom stereocenters. The molecule has 0 amide bonds. The zero-order valence-corrected chi connectivity index (χ0v) is 22.2. The van der Waals surface area contributed by atoms with Crippen LogP contribution in [0.4, 0.5) is 13.2 Å². The minimum atomic E-state index is -4.59. The van der Waals surface area contributed by atoms with E-state index in [-0.39, 0.29) is 4.90 Å². The molecule has 4 nitrogen and oxygen atoms in total. The van der Waals surface area contributed by atoms with E-state index < -0.39 is 32.2 Å². The van der Waals surface area contributed by atoms with E-state index in [1.807, 2.05) is 12.1 Å². The van der Waals surface area contributed by atoms with Gasteiger partial charge in [-0.05, 0) is 89.5 Å². The first-order valence-corrected chi connectivity index (χ1v) is 14.9. The summed E-state index contributed by atoms with van der Waals surface area (Å²) in [5, 5.41) is 0. The van der Waals surface area contributed by atoms with Crippen molar-refractivity contribution >= 4 is 20.4 Å². The van der Waals surface area contributed by atoms with Gasteiger partial charge >= 0.3 is 16.3 Å². The topological polar surface area (TPSA) is 52.6 Å². The molecule has 38 heavy (non-hydrogen) atoms. The molecule has 0 aromatic heterocycles. The van der Waals surface area contributed by atoms with E-state index in [2.05, 4.69) is 6.92 Å². The van der Waals surface area contributed by atoms with Crippen molar-refractivity contribution in [2.45, 2.75) is 45.5 Å². The Labute approximate surface area is 222 Å². The van der Waals surface area contributed by atoms with Crippen LogP contribution >= 0.6 is 10.3 Å². The largest absolute Gasteiger partial charge is 0.494 e. The third-order valence-electron chi connectivity index (χ3n) is 5.73. The molecule has 0 fully saturated rings. The molecule has 0 radical (unpaired) electrons. The first-order chi connectivity index (χ1) is 18.2. The van der Waals surface area contributed by atoms with E-state index in [0.29, 0.717) is 27.0 Å². The maximum Gasteiger partial charge on any atom is 0.416 e. The first-order valence-electron chi connectivity index (χ1n) is 12.0. The highest BCUT2D eigenvalue weighted by molar-refractivity contribution is 8.33. The highest BCUT2D eigenvalue weighted by Crippen LogP contribution is 2.70. The maximum absolute atomic E-state index is 13.7. The number of ether oxygens (including phenoxy) is 1. The Morgan fingerprint density at radius 3 is 1.61 bits per heavy atom. The van der Waals surface area contributed by atoms with Crippen LogP contribution in [0.1, 0.15) is 25.3 Å². The molecule has 4 rings (SSSR count). The molecule has 0 bridgehead atoms. The van der Waals surface area contributed by atoms with Gasteiger partial charge in [0.1, 0.15) is 5.75 Å². The molecule has 0 N–H and O–H groups in total. The lowest BCUT2D eigenvalue weighted by molar-refractivity contribution is -0.137. The van der Waals surface area contributed by atoms with E-state index in [1.165, 1.54) is 0 Å². The smallest absolute Gasteiger partial charge is 0.416 e. The van der Waals surface area contributed by atoms with Crippen LogP contribution in [0.25, 0.3) is 0 Å². The molecule has 0 saturated carbocycles. The number of hydrogen-bond acceptors (Lipinski definition) is 4. The van der Waals surface area contributed by atoms with Gasteiger partial charge in [-0.2, -0.15) is 21.6 Å². The van der Waals surface area contributed by atoms with Gasteiger partial charge < -0.3 is 4.74 Å². The molecule has 200 valence electrons. The van der Waals surface area contributed by atoms with Crippen molar-refractivity contribution < 1.29 is 30.0 Å². The molecule has 0 aliphatic rings. The van der Waals surface area contributed by atoms with Crippen molar-refractivity contribution in [2.24, 2.45) is 0 Å². The van der Waals surface area contributed by atoms with Gasteiger partial charge in [0.05, 0.1) is 17.1 Å². The van der Waals surface area contributed by atoms with Crippen LogP contribution in [0.2, 0.25) is 0 Å². The van der Waals surface area contributed by atoms with Gasteiger partial charge in [-0.1, -0.05) is 49.7 Å². The lowest BCUT2D eigenvalue weighted by Gasteiger charge is -2.39. The number of unbranched alkanes of at least 4 members (excludes halogenated alkanes) is 1. The third-order valence-corrected chi connectivity index (χ3v) is 10.9. The summed E-state index contributed by atoms with van der Waals surface area (Å²) in [6.45, 7) is 2.63. The fraction of sp³-hybridized carbons (Fsp3) is 0.172. The minimum absolute atomic E-state index is 0.367. The van der Waals surface area contributed by atoms with Gasteiger partial charge in [-0.15, -0.1) is 0 Å². The molecule has 0 saturated heterocycles. The Morgan fingerprint density at radius 2 is 1.13 bits per heavy atom. The normalized spacial score (nSPS) is 12.7. The summed E-state index contributed by atoms with van der Waals surface area (Å²) in [5.74, 6) is 0.641. The SMILES string of the molecule is CCCCOc1ccc(S(OS(=O)(=O)c2ccc(C(F)(F)F)cc2)(c2ccccc2)c2ccccc2)cc1. The molecular formula is C29H27F3O4S2. The van der Waals surface area contributed by atoms with E-state index in [9.17, 15) is 21.6 Å². The van der Waals surface area contributed by atoms with Crippen molar-refractivity contribution in [3.8, 4) is 5.75 Å². The molecular weight excluding hydrogens is 533 g/mol. The molecule has 0 aliphatic carbocycles. The number of halogens is 3. The van der Waals surface area contributed by atoms with Crippen LogP contribution in [-0.2, 0) is 19.9 Å². The molecule has 4 aromatic carbocycles. The van der Waals surface area contributed by atoms with Crippen LogP contribution < -0.4 is 4.74 Å². The lowest BCUT2D eigenvalue weighted by atomic mass is 10.2. The van der Waals surface area contributed by atoms with E-state index >= 15 is 0 Å². The molecule has 0 heterocycles. The van der Waals surface area contributed by atoms with Gasteiger partial charge in [-0.25, -0.2) is 3.63 Å². The predicted molar refractivity (Wildman–Crippen MR) is 142 cm³/mol. The summed E-state index contributed by atoms with van der Waals surface area (Å²) in [4.78, 5) is 1.45. The molecule has 9 heteroatoms. The third kappa shape index (κ3) is 6.06. The van der Waals surface area contributed by atoms with E-state index in [0.717, 1.165) is 37.1 Å². The summed E-state index contributed by atoms with van der Waals surface area (Å²) in [6.07, 6.45) is -2.70. The number of rotatable bonds is 10. The Hall–Kier alpha value is -3.27. The van der Waals surface area contributed by atoms with Crippen LogP contribution in [-0.4, -0.2) is 15.0 Å². The van der Waals surface area contributed by atoms with Gasteiger partial charge in [-0.3, -0.25) is 0 Å². The predicted octanol–water partition coefficient (Wildman–Crippen LogP) is 8.49. The Balaban J connectivity index is 1.86. The van der Waals surface area contributed by atoms with Gasteiger partial charge in [0.2, 0.25) is 0 Å². The first kappa shape index (κ1) is 27.8. The number of hydrogen-bond donors (Lipinski definition) is 0. The van der Waals surface area contributed by atoms with Gasteiger partial charge in [0.25, 0.3) is 0 Å². The quantitative estimate of drug-likeness (QED) is 0.183. The lowest BCUT2D eigenvalue weighted by Crippen LogP contribution is -2.15. The monoisotopic (exact) mass is 560 g/mol. The minimum Gasteiger partial charge on any atom is -0.494 e. The molecule has 0 aliphatic heterocycles. The van der Waals surface area contributed by atoms with Crippen molar-refractivity contribution in [3.05, 3.63) is 115 Å². The summed E-state index contributed by atoms with van der Waals surface area (Å²) >= 11 is 0. The van der Waals surface area contributed by atoms with E-state index in [1.54, 1.807) is 72.8 Å². The molecule has 0 spiro atoms. The van der Waals surface area contributed by atoms with Gasteiger partial charge in [0.15, 0.2) is 0 Å². The summed E-state index contributed by atoms with van der Waals surface area (Å²) < 4.78 is 78.6.